The van der Waals surface area contributed by atoms with Crippen LogP contribution in [0.3, 0.4) is 0 Å². The van der Waals surface area contributed by atoms with Gasteiger partial charge in [0.15, 0.2) is 34.0 Å². The van der Waals surface area contributed by atoms with Gasteiger partial charge in [-0.1, -0.05) is 43.3 Å². The number of aryl methyl sites for hydroxylation is 1. The number of ketones is 3. The van der Waals surface area contributed by atoms with E-state index < -0.39 is 84.0 Å². The van der Waals surface area contributed by atoms with Crippen LogP contribution in [0.4, 0.5) is 10.5 Å². The summed E-state index contributed by atoms with van der Waals surface area (Å²) in [6.07, 6.45) is 0.138. The number of ether oxygens (including phenoxy) is 2. The summed E-state index contributed by atoms with van der Waals surface area (Å²) < 4.78 is 12.1. The van der Waals surface area contributed by atoms with Crippen molar-refractivity contribution in [1.82, 2.24) is 26.6 Å². The average Bonchev–Trinajstić information content (AvgIpc) is 3.70. The first-order chi connectivity index (χ1) is 37.8. The molecule has 2 aliphatic rings. The molecule has 15 N–H and O–H groups in total. The van der Waals surface area contributed by atoms with Gasteiger partial charge in [-0.2, -0.15) is 0 Å². The second-order valence-corrected chi connectivity index (χ2v) is 19.4. The summed E-state index contributed by atoms with van der Waals surface area (Å²) in [5, 5.41) is 47.3. The number of carbonyl (C=O) groups is 8. The van der Waals surface area contributed by atoms with Crippen molar-refractivity contribution in [3.05, 3.63) is 113 Å². The number of guanidine groups is 1. The molecule has 2 aliphatic heterocycles. The predicted octanol–water partition coefficient (Wildman–Crippen LogP) is 2.83. The third kappa shape index (κ3) is 16.2. The molecule has 420 valence electrons. The van der Waals surface area contributed by atoms with E-state index in [1.807, 2.05) is 30.3 Å². The maximum absolute atomic E-state index is 13.9. The minimum Gasteiger partial charge on any atom is -0.508 e. The highest BCUT2D eigenvalue weighted by molar-refractivity contribution is 7.80. The number of nitrogens with zero attached hydrogens (tertiary/aromatic N) is 1. The summed E-state index contributed by atoms with van der Waals surface area (Å²) in [5.41, 5.74) is 17.7. The number of fused-ring (bicyclic) bond motifs is 6. The van der Waals surface area contributed by atoms with Gasteiger partial charge in [-0.05, 0) is 92.7 Å². The number of aliphatic imine (C=N–C) groups is 1. The van der Waals surface area contributed by atoms with E-state index in [4.69, 9.17) is 38.9 Å². The lowest BCUT2D eigenvalue weighted by molar-refractivity contribution is -0.135. The molecule has 6 rings (SSSR count). The van der Waals surface area contributed by atoms with Gasteiger partial charge in [0, 0.05) is 86.2 Å². The molecule has 0 bridgehead atoms. The Bertz CT molecular complexity index is 2900. The number of phenolic OH excluding ortho intramolecular Hbond substituents is 2. The lowest BCUT2D eigenvalue weighted by Crippen LogP contribution is -2.47. The average molecular weight is 1110 g/mol. The molecule has 4 aromatic carbocycles. The highest BCUT2D eigenvalue weighted by Gasteiger charge is 2.54. The summed E-state index contributed by atoms with van der Waals surface area (Å²) >= 11 is 5.51. The monoisotopic (exact) mass is 1110 g/mol. The van der Waals surface area contributed by atoms with Crippen molar-refractivity contribution in [2.45, 2.75) is 101 Å². The fourth-order valence-corrected chi connectivity index (χ4v) is 9.49. The Balaban J connectivity index is 1.04. The normalized spacial score (nSPS) is 14.0. The van der Waals surface area contributed by atoms with Crippen LogP contribution in [0, 0.1) is 5.92 Å². The molecule has 0 fully saturated rings. The highest BCUT2D eigenvalue weighted by atomic mass is 32.1. The molecule has 1 spiro atoms. The number of anilines is 1. The number of hydrogen-bond acceptors (Lipinski definition) is 15. The number of primary amides is 1. The first-order valence-corrected chi connectivity index (χ1v) is 26.2. The van der Waals surface area contributed by atoms with Gasteiger partial charge in [-0.15, -0.1) is 0 Å². The first kappa shape index (κ1) is 59.6. The topological polar surface area (TPSA) is 378 Å². The predicted molar refractivity (Wildman–Crippen MR) is 294 cm³/mol. The largest absolute Gasteiger partial charge is 0.508 e. The summed E-state index contributed by atoms with van der Waals surface area (Å²) in [4.78, 5) is 109. The van der Waals surface area contributed by atoms with E-state index in [-0.39, 0.29) is 116 Å². The zero-order valence-electron chi connectivity index (χ0n) is 43.5. The minimum atomic E-state index is -1.47. The van der Waals surface area contributed by atoms with Gasteiger partial charge in [0.2, 0.25) is 17.7 Å². The van der Waals surface area contributed by atoms with Crippen molar-refractivity contribution in [2.24, 2.45) is 28.1 Å². The number of esters is 1. The van der Waals surface area contributed by atoms with Crippen molar-refractivity contribution in [1.29, 1.82) is 0 Å². The van der Waals surface area contributed by atoms with E-state index in [2.05, 4.69) is 36.9 Å². The summed E-state index contributed by atoms with van der Waals surface area (Å²) in [7, 11) is 0. The second-order valence-electron chi connectivity index (χ2n) is 19.0. The molecule has 2 heterocycles. The van der Waals surface area contributed by atoms with Gasteiger partial charge >= 0.3 is 12.0 Å². The van der Waals surface area contributed by atoms with Crippen LogP contribution >= 0.6 is 12.2 Å². The standard InChI is InChI=1S/C55H66N10O13S/c1-2-43(69)42(19-12-31-8-4-3-5-9-31)64-48(72)21-20-44(70)40(10-7-24-60-53(58)76)65-50(74)32(30-66)26-45(71)41(11-6-23-59-52(56)57)63-49(73)22-25-61-54(79)62-33-13-16-37-36(27-33)51(75)78-55(37)38-17-14-34(67)28-46(38)77-47-29-35(68)15-18-39(47)55/h3-5,8-9,13-18,27-29,32,40-42,66-68H,2,6-7,10-12,19-26,30H2,1H3,(H,63,73)(H,64,72)(H,65,74)(H4,56,57,59)(H3,58,60,76)(H2,61,62,79)/t32-,40-,41-,42-/m0/s1. The van der Waals surface area contributed by atoms with Gasteiger partial charge in [0.1, 0.15) is 23.0 Å². The Morgan fingerprint density at radius 2 is 1.32 bits per heavy atom. The number of nitrogens with one attached hydrogen (secondary N) is 6. The molecule has 4 atom stereocenters. The van der Waals surface area contributed by atoms with Crippen LogP contribution in [0.25, 0.3) is 0 Å². The molecular weight excluding hydrogens is 1040 g/mol. The maximum Gasteiger partial charge on any atom is 0.340 e. The number of carbonyl (C=O) groups excluding carboxylic acids is 8. The Hall–Kier alpha value is -8.64. The molecule has 24 heteroatoms. The number of Topliss-reactive ketones (excluding diaryl/α,β-unsaturated/α-hetero) is 3. The van der Waals surface area contributed by atoms with Crippen LogP contribution in [0.1, 0.15) is 104 Å². The van der Waals surface area contributed by atoms with Crippen molar-refractivity contribution >= 4 is 76.0 Å². The maximum atomic E-state index is 13.9. The number of benzene rings is 4. The van der Waals surface area contributed by atoms with E-state index >= 15 is 0 Å². The summed E-state index contributed by atoms with van der Waals surface area (Å²) in [5.74, 6) is -5.25. The molecule has 0 saturated carbocycles. The molecule has 0 aliphatic carbocycles. The Morgan fingerprint density at radius 3 is 1.95 bits per heavy atom. The molecular formula is C55H66N10O13S. The van der Waals surface area contributed by atoms with Crippen molar-refractivity contribution in [3.63, 3.8) is 0 Å². The Kier molecular flexibility index (Phi) is 21.2. The molecule has 0 saturated heterocycles. The minimum absolute atomic E-state index is 0.00657. The van der Waals surface area contributed by atoms with Crippen LogP contribution in [0.15, 0.2) is 89.9 Å². The van der Waals surface area contributed by atoms with E-state index in [9.17, 15) is 53.7 Å². The van der Waals surface area contributed by atoms with Gasteiger partial charge in [-0.25, -0.2) is 9.59 Å². The molecule has 0 radical (unpaired) electrons. The van der Waals surface area contributed by atoms with Gasteiger partial charge in [-0.3, -0.25) is 33.8 Å². The summed E-state index contributed by atoms with van der Waals surface area (Å²) in [6.45, 7) is 1.01. The number of aliphatic hydroxyl groups excluding tert-OH is 1. The van der Waals surface area contributed by atoms with Gasteiger partial charge < -0.3 is 73.9 Å². The lowest BCUT2D eigenvalue weighted by atomic mass is 9.77. The fraction of sp³-hybridized carbons (Fsp3) is 0.382. The zero-order chi connectivity index (χ0) is 57.2. The van der Waals surface area contributed by atoms with E-state index in [0.717, 1.165) is 5.56 Å². The van der Waals surface area contributed by atoms with Gasteiger partial charge in [0.25, 0.3) is 0 Å². The zero-order valence-corrected chi connectivity index (χ0v) is 44.3. The lowest BCUT2D eigenvalue weighted by Gasteiger charge is -2.36. The Morgan fingerprint density at radius 1 is 0.696 bits per heavy atom. The molecule has 5 amide bonds. The molecule has 0 aromatic heterocycles. The smallest absolute Gasteiger partial charge is 0.340 e. The fourth-order valence-electron chi connectivity index (χ4n) is 9.27. The van der Waals surface area contributed by atoms with E-state index in [0.29, 0.717) is 35.2 Å². The van der Waals surface area contributed by atoms with E-state index in [1.165, 1.54) is 24.3 Å². The quantitative estimate of drug-likeness (QED) is 0.0122. The number of nitrogens with two attached hydrogens (primary N) is 3. The third-order valence-electron chi connectivity index (χ3n) is 13.3. The van der Waals surface area contributed by atoms with Crippen molar-refractivity contribution in [2.75, 3.05) is 31.6 Å². The van der Waals surface area contributed by atoms with Crippen LogP contribution in [-0.2, 0) is 45.5 Å². The number of hydrogen-bond donors (Lipinski definition) is 12. The Labute approximate surface area is 460 Å². The van der Waals surface area contributed by atoms with Gasteiger partial charge in [0.05, 0.1) is 36.2 Å². The molecule has 4 aromatic rings. The number of amides is 5. The van der Waals surface area contributed by atoms with Crippen LogP contribution < -0.4 is 53.8 Å². The van der Waals surface area contributed by atoms with Crippen LogP contribution in [-0.4, -0.2) is 118 Å². The van der Waals surface area contributed by atoms with Crippen molar-refractivity contribution < 1.29 is 63.1 Å². The van der Waals surface area contributed by atoms with Crippen LogP contribution in [0.5, 0.6) is 23.0 Å². The number of aromatic hydroxyl groups is 2. The summed E-state index contributed by atoms with van der Waals surface area (Å²) in [6, 6.07) is 19.3. The van der Waals surface area contributed by atoms with Crippen molar-refractivity contribution in [3.8, 4) is 23.0 Å². The SMILES string of the molecule is CCC(=O)[C@H](CCc1ccccc1)NC(=O)CCC(=O)[C@H](CCCNC(N)=O)NC(=O)[C@H](CO)CC(=O)[C@H](CCCN=C(N)N)NC(=O)CCNC(=S)Nc1ccc2c(c1)C(=O)OC21c2ccc(O)cc2Oc2cc(O)ccc21. The molecule has 79 heavy (non-hydrogen) atoms. The second kappa shape index (κ2) is 28.1. The number of phenols is 2. The number of aliphatic hydroxyl groups is 1. The molecule has 23 nitrogen and oxygen atoms in total. The number of thiocarbonyl (C=S) groups is 1. The van der Waals surface area contributed by atoms with E-state index in [1.54, 1.807) is 37.3 Å². The number of urea groups is 1. The third-order valence-corrected chi connectivity index (χ3v) is 13.5. The number of rotatable bonds is 29. The first-order valence-electron chi connectivity index (χ1n) is 25.8. The molecule has 0 unspecified atom stereocenters. The van der Waals surface area contributed by atoms with Crippen LogP contribution in [0.2, 0.25) is 0 Å². The highest BCUT2D eigenvalue weighted by Crippen LogP contribution is 2.57.